The molecule has 0 aromatic heterocycles. The average Bonchev–Trinajstić information content (AvgIpc) is 2.90. The van der Waals surface area contributed by atoms with Crippen LogP contribution in [-0.2, 0) is 9.84 Å². The van der Waals surface area contributed by atoms with Crippen molar-refractivity contribution >= 4 is 40.1 Å². The molecule has 0 amide bonds. The van der Waals surface area contributed by atoms with Crippen molar-refractivity contribution in [3.05, 3.63) is 59.7 Å². The molecule has 1 fully saturated rings. The van der Waals surface area contributed by atoms with Crippen LogP contribution in [0.3, 0.4) is 0 Å². The van der Waals surface area contributed by atoms with E-state index in [0.29, 0.717) is 38.7 Å². The standard InChI is InChI=1S/C30H42N6O2S/c1-5-24-7-9-25(10-8-24)26-11-13-30(4)21-32-23-35-28(34-22-31-15-12-27(30)29(26,2)3)33-14-6-16-36-17-19-39(37,38)20-18-36/h5,7-12,22-23H,1,6,13-21H2,2-4H3,(H2,31,32,33,34,35)/b27-12-/t30-/m1/s1. The molecule has 3 aliphatic rings. The molecule has 8 nitrogen and oxygen atoms in total. The first-order valence-corrected chi connectivity index (χ1v) is 15.6. The predicted molar refractivity (Wildman–Crippen MR) is 164 cm³/mol. The molecule has 9 heteroatoms. The smallest absolute Gasteiger partial charge is 0.201 e. The number of allylic oxidation sites excluding steroid dienone is 2. The van der Waals surface area contributed by atoms with E-state index < -0.39 is 9.84 Å². The maximum atomic E-state index is 11.6. The van der Waals surface area contributed by atoms with Crippen LogP contribution in [0.1, 0.15) is 44.7 Å². The monoisotopic (exact) mass is 550 g/mol. The summed E-state index contributed by atoms with van der Waals surface area (Å²) in [4.78, 5) is 16.2. The number of nitrogens with zero attached hydrogens (tertiary/aromatic N) is 4. The van der Waals surface area contributed by atoms with Crippen molar-refractivity contribution in [3.8, 4) is 0 Å². The highest BCUT2D eigenvalue weighted by Crippen LogP contribution is 2.54. The van der Waals surface area contributed by atoms with Gasteiger partial charge in [-0.1, -0.05) is 75.4 Å². The van der Waals surface area contributed by atoms with Crippen LogP contribution in [0.15, 0.2) is 63.5 Å². The molecule has 210 valence electrons. The zero-order valence-electron chi connectivity index (χ0n) is 23.5. The fourth-order valence-electron chi connectivity index (χ4n) is 5.77. The highest BCUT2D eigenvalue weighted by atomic mass is 32.2. The first-order chi connectivity index (χ1) is 18.6. The van der Waals surface area contributed by atoms with Crippen LogP contribution in [0.5, 0.6) is 0 Å². The Balaban J connectivity index is 1.42. The Hall–Kier alpha value is -3.04. The molecule has 0 bridgehead atoms. The van der Waals surface area contributed by atoms with E-state index in [2.05, 4.69) is 89.3 Å². The van der Waals surface area contributed by atoms with E-state index in [-0.39, 0.29) is 22.3 Å². The first kappa shape index (κ1) is 29.0. The van der Waals surface area contributed by atoms with Crippen LogP contribution in [-0.4, -0.2) is 82.7 Å². The van der Waals surface area contributed by atoms with E-state index >= 15 is 0 Å². The Morgan fingerprint density at radius 1 is 1.05 bits per heavy atom. The molecule has 0 saturated carbocycles. The van der Waals surface area contributed by atoms with E-state index in [1.807, 2.05) is 6.08 Å². The second kappa shape index (κ2) is 12.4. The molecule has 4 rings (SSSR count). The number of hydrogen-bond donors (Lipinski definition) is 2. The number of sulfone groups is 1. The maximum Gasteiger partial charge on any atom is 0.201 e. The number of nitrogens with one attached hydrogen (secondary N) is 2. The lowest BCUT2D eigenvalue weighted by molar-refractivity contribution is 0.294. The molecule has 0 unspecified atom stereocenters. The number of guanidine groups is 1. The molecule has 1 saturated heterocycles. The summed E-state index contributed by atoms with van der Waals surface area (Å²) in [6.07, 6.45) is 11.7. The molecule has 2 aliphatic heterocycles. The number of rotatable bonds is 6. The van der Waals surface area contributed by atoms with Crippen molar-refractivity contribution in [2.75, 3.05) is 50.8 Å². The molecule has 2 heterocycles. The second-order valence-corrected chi connectivity index (χ2v) is 13.6. The third-order valence-electron chi connectivity index (χ3n) is 7.98. The Bertz CT molecular complexity index is 1280. The van der Waals surface area contributed by atoms with Crippen LogP contribution in [0.2, 0.25) is 0 Å². The molecule has 1 atom stereocenters. The fraction of sp³-hybridized carbons (Fsp3) is 0.500. The van der Waals surface area contributed by atoms with Crippen LogP contribution in [0.25, 0.3) is 11.6 Å². The highest BCUT2D eigenvalue weighted by Gasteiger charge is 2.43. The van der Waals surface area contributed by atoms with Gasteiger partial charge in [0.2, 0.25) is 5.96 Å². The van der Waals surface area contributed by atoms with E-state index in [0.717, 1.165) is 24.9 Å². The summed E-state index contributed by atoms with van der Waals surface area (Å²) in [5.74, 6) is 1.11. The van der Waals surface area contributed by atoms with E-state index in [1.165, 1.54) is 16.7 Å². The number of aliphatic imine (C=N–C) groups is 3. The van der Waals surface area contributed by atoms with Crippen molar-refractivity contribution in [2.45, 2.75) is 33.6 Å². The molecular weight excluding hydrogens is 508 g/mol. The lowest BCUT2D eigenvalue weighted by atomic mass is 9.59. The molecule has 39 heavy (non-hydrogen) atoms. The van der Waals surface area contributed by atoms with Gasteiger partial charge in [-0.3, -0.25) is 15.0 Å². The third kappa shape index (κ3) is 7.33. The molecule has 2 N–H and O–H groups in total. The fourth-order valence-corrected chi connectivity index (χ4v) is 7.05. The summed E-state index contributed by atoms with van der Waals surface area (Å²) >= 11 is 0. The number of fused-ring (bicyclic) bond motifs is 1. The minimum Gasteiger partial charge on any atom is -0.317 e. The van der Waals surface area contributed by atoms with Gasteiger partial charge in [0.1, 0.15) is 0 Å². The van der Waals surface area contributed by atoms with Crippen LogP contribution >= 0.6 is 0 Å². The van der Waals surface area contributed by atoms with Gasteiger partial charge in [-0.2, -0.15) is 0 Å². The lowest BCUT2D eigenvalue weighted by Crippen LogP contribution is -2.41. The van der Waals surface area contributed by atoms with E-state index in [1.54, 1.807) is 12.7 Å². The minimum absolute atomic E-state index is 0.117. The third-order valence-corrected chi connectivity index (χ3v) is 9.59. The molecule has 1 aromatic rings. The summed E-state index contributed by atoms with van der Waals surface area (Å²) in [6.45, 7) is 14.7. The van der Waals surface area contributed by atoms with E-state index in [9.17, 15) is 8.42 Å². The van der Waals surface area contributed by atoms with Gasteiger partial charge in [0.05, 0.1) is 37.3 Å². The van der Waals surface area contributed by atoms with Crippen LogP contribution in [0, 0.1) is 10.8 Å². The maximum absolute atomic E-state index is 11.6. The summed E-state index contributed by atoms with van der Waals surface area (Å²) in [5.41, 5.74) is 4.76. The largest absolute Gasteiger partial charge is 0.317 e. The van der Waals surface area contributed by atoms with Gasteiger partial charge in [-0.05, 0) is 36.1 Å². The normalized spacial score (nSPS) is 27.5. The van der Waals surface area contributed by atoms with Gasteiger partial charge in [0, 0.05) is 30.5 Å². The van der Waals surface area contributed by atoms with E-state index in [4.69, 9.17) is 4.99 Å². The topological polar surface area (TPSA) is 98.5 Å². The average molecular weight is 551 g/mol. The quantitative estimate of drug-likeness (QED) is 0.415. The number of benzene rings is 1. The Labute approximate surface area is 233 Å². The van der Waals surface area contributed by atoms with Gasteiger partial charge in [0.25, 0.3) is 0 Å². The molecule has 1 aliphatic carbocycles. The minimum atomic E-state index is -2.85. The summed E-state index contributed by atoms with van der Waals surface area (Å²) < 4.78 is 23.2. The van der Waals surface area contributed by atoms with Gasteiger partial charge in [-0.25, -0.2) is 8.42 Å². The summed E-state index contributed by atoms with van der Waals surface area (Å²) in [7, 11) is -2.85. The van der Waals surface area contributed by atoms with Crippen molar-refractivity contribution in [1.82, 2.24) is 15.5 Å². The second-order valence-electron chi connectivity index (χ2n) is 11.3. The van der Waals surface area contributed by atoms with Crippen molar-refractivity contribution in [2.24, 2.45) is 25.8 Å². The molecule has 0 radical (unpaired) electrons. The van der Waals surface area contributed by atoms with Crippen molar-refractivity contribution < 1.29 is 8.42 Å². The van der Waals surface area contributed by atoms with Gasteiger partial charge in [0.15, 0.2) is 9.84 Å². The Morgan fingerprint density at radius 3 is 2.44 bits per heavy atom. The SMILES string of the molecule is C=Cc1ccc(C2=CC[C@]3(C)CN=CNC(=NCCCN4CCS(=O)(=O)CC4)NC=NC/C=C\3C2(C)C)cc1. The predicted octanol–water partition coefficient (Wildman–Crippen LogP) is 3.80. The zero-order chi connectivity index (χ0) is 27.9. The molecule has 1 aromatic carbocycles. The van der Waals surface area contributed by atoms with Gasteiger partial charge in [-0.15, -0.1) is 0 Å². The zero-order valence-corrected chi connectivity index (χ0v) is 24.3. The number of hydrogen-bond acceptors (Lipinski definition) is 6. The van der Waals surface area contributed by atoms with Crippen LogP contribution < -0.4 is 10.6 Å². The Kier molecular flexibility index (Phi) is 9.23. The summed E-state index contributed by atoms with van der Waals surface area (Å²) in [6, 6.07) is 8.61. The van der Waals surface area contributed by atoms with Gasteiger partial charge >= 0.3 is 0 Å². The highest BCUT2D eigenvalue weighted by molar-refractivity contribution is 7.91. The molecular formula is C30H42N6O2S. The van der Waals surface area contributed by atoms with Crippen LogP contribution in [0.4, 0.5) is 0 Å². The van der Waals surface area contributed by atoms with Crippen molar-refractivity contribution in [3.63, 3.8) is 0 Å². The van der Waals surface area contributed by atoms with Gasteiger partial charge < -0.3 is 15.5 Å². The molecule has 0 spiro atoms. The first-order valence-electron chi connectivity index (χ1n) is 13.7. The van der Waals surface area contributed by atoms with Crippen molar-refractivity contribution in [1.29, 1.82) is 0 Å². The summed E-state index contributed by atoms with van der Waals surface area (Å²) in [5, 5.41) is 6.33. The lowest BCUT2D eigenvalue weighted by Gasteiger charge is -2.46. The Morgan fingerprint density at radius 2 is 1.74 bits per heavy atom.